The van der Waals surface area contributed by atoms with E-state index < -0.39 is 11.9 Å². The Morgan fingerprint density at radius 3 is 2.89 bits per heavy atom. The number of aromatic nitrogens is 5. The van der Waals surface area contributed by atoms with Crippen LogP contribution in [0, 0.1) is 6.92 Å². The second-order valence-corrected chi connectivity index (χ2v) is 3.87. The number of carboxylic acid groups (broad SMARTS) is 1. The van der Waals surface area contributed by atoms with Crippen molar-refractivity contribution in [1.29, 1.82) is 0 Å². The van der Waals surface area contributed by atoms with Crippen LogP contribution in [0.25, 0.3) is 17.3 Å². The monoisotopic (exact) mass is 247 g/mol. The summed E-state index contributed by atoms with van der Waals surface area (Å²) in [4.78, 5) is 18.7. The third-order valence-corrected chi connectivity index (χ3v) is 2.71. The summed E-state index contributed by atoms with van der Waals surface area (Å²) in [5.74, 6) is -0.728. The van der Waals surface area contributed by atoms with Crippen molar-refractivity contribution >= 4 is 11.7 Å². The average Bonchev–Trinajstić information content (AvgIpc) is 2.97. The highest BCUT2D eigenvalue weighted by atomic mass is 16.5. The molecule has 8 heteroatoms. The predicted octanol–water partition coefficient (Wildman–Crippen LogP) is 0.729. The lowest BCUT2D eigenvalue weighted by Crippen LogP contribution is -1.97. The number of imidazole rings is 2. The van der Waals surface area contributed by atoms with Crippen LogP contribution in [0.5, 0.6) is 0 Å². The van der Waals surface area contributed by atoms with Gasteiger partial charge in [-0.2, -0.15) is 4.98 Å². The first-order chi connectivity index (χ1) is 8.58. The molecule has 0 aliphatic carbocycles. The Kier molecular flexibility index (Phi) is 2.00. The van der Waals surface area contributed by atoms with Crippen molar-refractivity contribution in [3.63, 3.8) is 0 Å². The van der Waals surface area contributed by atoms with E-state index in [0.717, 1.165) is 11.5 Å². The molecule has 0 bridgehead atoms. The van der Waals surface area contributed by atoms with Gasteiger partial charge in [-0.25, -0.2) is 9.78 Å². The van der Waals surface area contributed by atoms with Gasteiger partial charge in [0.05, 0.1) is 6.20 Å². The number of hydrogen-bond donors (Lipinski definition) is 1. The maximum Gasteiger partial charge on any atom is 0.394 e. The Morgan fingerprint density at radius 1 is 1.50 bits per heavy atom. The molecule has 3 heterocycles. The van der Waals surface area contributed by atoms with Crippen LogP contribution in [0.15, 0.2) is 16.9 Å². The van der Waals surface area contributed by atoms with Crippen LogP contribution >= 0.6 is 0 Å². The van der Waals surface area contributed by atoms with Crippen LogP contribution in [-0.2, 0) is 7.05 Å². The normalized spacial score (nSPS) is 11.2. The molecule has 3 aromatic rings. The quantitative estimate of drug-likeness (QED) is 0.716. The van der Waals surface area contributed by atoms with Crippen LogP contribution in [0.1, 0.15) is 16.4 Å². The zero-order valence-electron chi connectivity index (χ0n) is 9.65. The molecular formula is C10H9N5O3. The summed E-state index contributed by atoms with van der Waals surface area (Å²) in [6.07, 6.45) is 3.53. The molecule has 0 saturated heterocycles. The molecular weight excluding hydrogens is 238 g/mol. The van der Waals surface area contributed by atoms with Crippen molar-refractivity contribution in [3.8, 4) is 11.5 Å². The number of fused-ring (bicyclic) bond motifs is 1. The number of carbonyl (C=O) groups is 1. The third-order valence-electron chi connectivity index (χ3n) is 2.71. The Labute approximate surface area is 100 Å². The van der Waals surface area contributed by atoms with E-state index in [1.54, 1.807) is 24.0 Å². The second kappa shape index (κ2) is 3.42. The Hall–Kier alpha value is -2.64. The van der Waals surface area contributed by atoms with Crippen molar-refractivity contribution in [1.82, 2.24) is 24.1 Å². The van der Waals surface area contributed by atoms with Crippen molar-refractivity contribution in [2.45, 2.75) is 6.92 Å². The summed E-state index contributed by atoms with van der Waals surface area (Å²) in [6.45, 7) is 1.92. The van der Waals surface area contributed by atoms with Crippen molar-refractivity contribution in [3.05, 3.63) is 24.0 Å². The average molecular weight is 247 g/mol. The van der Waals surface area contributed by atoms with Gasteiger partial charge in [0.25, 0.3) is 0 Å². The highest BCUT2D eigenvalue weighted by Crippen LogP contribution is 2.19. The van der Waals surface area contributed by atoms with E-state index in [0.29, 0.717) is 5.69 Å². The minimum atomic E-state index is -1.25. The van der Waals surface area contributed by atoms with E-state index in [1.807, 2.05) is 11.3 Å². The Morgan fingerprint density at radius 2 is 2.28 bits per heavy atom. The Bertz CT molecular complexity index is 751. The molecule has 0 atom stereocenters. The summed E-state index contributed by atoms with van der Waals surface area (Å²) in [7, 11) is 1.80. The molecule has 0 amide bonds. The van der Waals surface area contributed by atoms with Crippen LogP contribution in [0.3, 0.4) is 0 Å². The van der Waals surface area contributed by atoms with Gasteiger partial charge in [0.15, 0.2) is 0 Å². The number of hydrogen-bond acceptors (Lipinski definition) is 5. The van der Waals surface area contributed by atoms with Gasteiger partial charge < -0.3 is 14.2 Å². The van der Waals surface area contributed by atoms with Gasteiger partial charge in [0.2, 0.25) is 11.6 Å². The molecule has 1 N–H and O–H groups in total. The first-order valence-electron chi connectivity index (χ1n) is 5.14. The minimum Gasteiger partial charge on any atom is -0.474 e. The van der Waals surface area contributed by atoms with Gasteiger partial charge in [-0.3, -0.25) is 4.40 Å². The van der Waals surface area contributed by atoms with Crippen molar-refractivity contribution < 1.29 is 14.4 Å². The lowest BCUT2D eigenvalue weighted by Gasteiger charge is -1.94. The summed E-state index contributed by atoms with van der Waals surface area (Å²) in [6, 6.07) is 0. The molecule has 0 aromatic carbocycles. The first-order valence-corrected chi connectivity index (χ1v) is 5.14. The molecule has 0 spiro atoms. The molecule has 0 aliphatic heterocycles. The SMILES string of the molecule is Cc1cnc2n(C)c(-c3noc(C(=O)O)n3)cn12. The lowest BCUT2D eigenvalue weighted by molar-refractivity contribution is 0.0643. The summed E-state index contributed by atoms with van der Waals surface area (Å²) in [5.41, 5.74) is 1.60. The predicted molar refractivity (Wildman–Crippen MR) is 59.2 cm³/mol. The molecule has 0 radical (unpaired) electrons. The van der Waals surface area contributed by atoms with Crippen LogP contribution in [0.2, 0.25) is 0 Å². The first kappa shape index (κ1) is 10.5. The van der Waals surface area contributed by atoms with E-state index in [4.69, 9.17) is 5.11 Å². The fourth-order valence-electron chi connectivity index (χ4n) is 1.78. The molecule has 0 aliphatic rings. The summed E-state index contributed by atoms with van der Waals surface area (Å²) >= 11 is 0. The van der Waals surface area contributed by atoms with Crippen LogP contribution in [0.4, 0.5) is 0 Å². The topological polar surface area (TPSA) is 98.5 Å². The smallest absolute Gasteiger partial charge is 0.394 e. The zero-order chi connectivity index (χ0) is 12.9. The van der Waals surface area contributed by atoms with Gasteiger partial charge in [-0.15, -0.1) is 0 Å². The van der Waals surface area contributed by atoms with E-state index in [1.165, 1.54) is 0 Å². The molecule has 3 rings (SSSR count). The molecule has 0 unspecified atom stereocenters. The van der Waals surface area contributed by atoms with Crippen LogP contribution < -0.4 is 0 Å². The third kappa shape index (κ3) is 1.32. The Balaban J connectivity index is 2.18. The second-order valence-electron chi connectivity index (χ2n) is 3.87. The van der Waals surface area contributed by atoms with Gasteiger partial charge in [0, 0.05) is 18.9 Å². The van der Waals surface area contributed by atoms with E-state index in [2.05, 4.69) is 19.6 Å². The maximum atomic E-state index is 10.7. The lowest BCUT2D eigenvalue weighted by atomic mass is 10.4. The number of aryl methyl sites for hydroxylation is 2. The highest BCUT2D eigenvalue weighted by Gasteiger charge is 2.18. The van der Waals surface area contributed by atoms with Gasteiger partial charge in [-0.05, 0) is 6.92 Å². The number of rotatable bonds is 2. The van der Waals surface area contributed by atoms with E-state index in [9.17, 15) is 4.79 Å². The molecule has 8 nitrogen and oxygen atoms in total. The zero-order valence-corrected chi connectivity index (χ0v) is 9.65. The maximum absolute atomic E-state index is 10.7. The molecule has 18 heavy (non-hydrogen) atoms. The molecule has 92 valence electrons. The van der Waals surface area contributed by atoms with E-state index >= 15 is 0 Å². The van der Waals surface area contributed by atoms with Crippen molar-refractivity contribution in [2.24, 2.45) is 7.05 Å². The summed E-state index contributed by atoms with van der Waals surface area (Å²) in [5, 5.41) is 12.4. The standard InChI is InChI=1S/C10H9N5O3/c1-5-3-11-10-14(2)6(4-15(5)10)7-12-8(9(16)17)18-13-7/h3-4H,1-2H3,(H,16,17). The molecule has 0 fully saturated rings. The summed E-state index contributed by atoms with van der Waals surface area (Å²) < 4.78 is 8.27. The molecule has 3 aromatic heterocycles. The largest absolute Gasteiger partial charge is 0.474 e. The number of nitrogens with zero attached hydrogens (tertiary/aromatic N) is 5. The minimum absolute atomic E-state index is 0.222. The fraction of sp³-hybridized carbons (Fsp3) is 0.200. The fourth-order valence-corrected chi connectivity index (χ4v) is 1.78. The molecule has 0 saturated carbocycles. The van der Waals surface area contributed by atoms with Crippen molar-refractivity contribution in [2.75, 3.05) is 0 Å². The van der Waals surface area contributed by atoms with E-state index in [-0.39, 0.29) is 5.82 Å². The van der Waals surface area contributed by atoms with Gasteiger partial charge >= 0.3 is 11.9 Å². The number of aromatic carboxylic acids is 1. The van der Waals surface area contributed by atoms with Gasteiger partial charge in [-0.1, -0.05) is 5.16 Å². The van der Waals surface area contributed by atoms with Crippen LogP contribution in [-0.4, -0.2) is 35.2 Å². The van der Waals surface area contributed by atoms with Gasteiger partial charge in [0.1, 0.15) is 5.69 Å². The number of carboxylic acids is 1. The highest BCUT2D eigenvalue weighted by molar-refractivity contribution is 5.82.